The minimum absolute atomic E-state index is 0.130. The molecular weight excluding hydrogens is 508 g/mol. The van der Waals surface area contributed by atoms with Crippen LogP contribution in [0.1, 0.15) is 11.4 Å². The molecule has 9 nitrogen and oxygen atoms in total. The first-order chi connectivity index (χ1) is 17.0. The summed E-state index contributed by atoms with van der Waals surface area (Å²) in [6.45, 7) is 1.96. The summed E-state index contributed by atoms with van der Waals surface area (Å²) in [6, 6.07) is 14.6. The number of carbonyl (C=O) groups excluding carboxylic acids is 2. The van der Waals surface area contributed by atoms with Gasteiger partial charge in [-0.05, 0) is 48.9 Å². The van der Waals surface area contributed by atoms with E-state index in [4.69, 9.17) is 16.3 Å². The number of nitrogens with one attached hydrogen (secondary N) is 2. The van der Waals surface area contributed by atoms with E-state index in [0.29, 0.717) is 26.9 Å². The minimum atomic E-state index is -0.309. The van der Waals surface area contributed by atoms with Crippen LogP contribution in [0.2, 0.25) is 5.02 Å². The number of thiazole rings is 1. The van der Waals surface area contributed by atoms with Gasteiger partial charge in [0.05, 0.1) is 12.3 Å². The quantitative estimate of drug-likeness (QED) is 0.298. The fourth-order valence-electron chi connectivity index (χ4n) is 3.01. The van der Waals surface area contributed by atoms with Gasteiger partial charge >= 0.3 is 0 Å². The SMILES string of the molecule is Cc1cccc(-n2c(CNC(=O)COc3ccc(Cl)cc3)nnc2SCC(=O)Nc2nccs2)c1. The van der Waals surface area contributed by atoms with Crippen molar-refractivity contribution in [2.45, 2.75) is 18.6 Å². The van der Waals surface area contributed by atoms with E-state index in [-0.39, 0.29) is 30.7 Å². The number of halogens is 1. The Hall–Kier alpha value is -3.41. The van der Waals surface area contributed by atoms with E-state index < -0.39 is 0 Å². The van der Waals surface area contributed by atoms with Gasteiger partial charge in [-0.3, -0.25) is 14.2 Å². The molecule has 0 bridgehead atoms. The Morgan fingerprint density at radius 2 is 1.97 bits per heavy atom. The summed E-state index contributed by atoms with van der Waals surface area (Å²) in [5, 5.41) is 17.5. The van der Waals surface area contributed by atoms with Crippen LogP contribution in [0.5, 0.6) is 5.75 Å². The van der Waals surface area contributed by atoms with Gasteiger partial charge in [0.2, 0.25) is 5.91 Å². The van der Waals surface area contributed by atoms with Gasteiger partial charge in [0.1, 0.15) is 5.75 Å². The first kappa shape index (κ1) is 24.7. The van der Waals surface area contributed by atoms with E-state index in [1.54, 1.807) is 35.8 Å². The van der Waals surface area contributed by atoms with E-state index in [1.807, 2.05) is 35.8 Å². The van der Waals surface area contributed by atoms with Crippen LogP contribution in [0, 0.1) is 6.92 Å². The molecule has 0 atom stereocenters. The number of thioether (sulfide) groups is 1. The maximum atomic E-state index is 12.3. The summed E-state index contributed by atoms with van der Waals surface area (Å²) in [6.07, 6.45) is 1.63. The van der Waals surface area contributed by atoms with Crippen LogP contribution in [0.4, 0.5) is 5.13 Å². The normalized spacial score (nSPS) is 10.7. The lowest BCUT2D eigenvalue weighted by Gasteiger charge is -2.12. The topological polar surface area (TPSA) is 111 Å². The van der Waals surface area contributed by atoms with Crippen molar-refractivity contribution in [2.75, 3.05) is 17.7 Å². The number of rotatable bonds is 10. The van der Waals surface area contributed by atoms with Crippen molar-refractivity contribution >= 4 is 51.6 Å². The molecule has 180 valence electrons. The molecule has 4 aromatic rings. The number of amides is 2. The highest BCUT2D eigenvalue weighted by Crippen LogP contribution is 2.23. The molecule has 0 saturated carbocycles. The van der Waals surface area contributed by atoms with Crippen LogP contribution in [0.15, 0.2) is 65.3 Å². The van der Waals surface area contributed by atoms with Crippen molar-refractivity contribution in [3.05, 3.63) is 76.5 Å². The lowest BCUT2D eigenvalue weighted by atomic mass is 10.2. The van der Waals surface area contributed by atoms with E-state index >= 15 is 0 Å². The zero-order valence-electron chi connectivity index (χ0n) is 18.6. The Bertz CT molecular complexity index is 1300. The number of nitrogens with zero attached hydrogens (tertiary/aromatic N) is 4. The van der Waals surface area contributed by atoms with Crippen LogP contribution in [0.3, 0.4) is 0 Å². The molecule has 0 unspecified atom stereocenters. The van der Waals surface area contributed by atoms with Gasteiger partial charge in [-0.15, -0.1) is 21.5 Å². The largest absolute Gasteiger partial charge is 0.484 e. The highest BCUT2D eigenvalue weighted by atomic mass is 35.5. The molecule has 2 heterocycles. The highest BCUT2D eigenvalue weighted by Gasteiger charge is 2.17. The maximum Gasteiger partial charge on any atom is 0.258 e. The Kier molecular flexibility index (Phi) is 8.35. The smallest absolute Gasteiger partial charge is 0.258 e. The highest BCUT2D eigenvalue weighted by molar-refractivity contribution is 7.99. The summed E-state index contributed by atoms with van der Waals surface area (Å²) in [5.74, 6) is 0.694. The number of hydrogen-bond acceptors (Lipinski definition) is 8. The van der Waals surface area contributed by atoms with Gasteiger partial charge in [-0.1, -0.05) is 35.5 Å². The Morgan fingerprint density at radius 3 is 2.71 bits per heavy atom. The monoisotopic (exact) mass is 528 g/mol. The lowest BCUT2D eigenvalue weighted by molar-refractivity contribution is -0.123. The number of ether oxygens (including phenoxy) is 1. The van der Waals surface area contributed by atoms with Crippen LogP contribution >= 0.6 is 34.7 Å². The van der Waals surface area contributed by atoms with Crippen molar-refractivity contribution in [3.63, 3.8) is 0 Å². The second-order valence-electron chi connectivity index (χ2n) is 7.27. The Labute approximate surface area is 214 Å². The van der Waals surface area contributed by atoms with E-state index in [1.165, 1.54) is 23.1 Å². The fraction of sp³-hybridized carbons (Fsp3) is 0.174. The molecule has 35 heavy (non-hydrogen) atoms. The van der Waals surface area contributed by atoms with E-state index in [2.05, 4.69) is 25.8 Å². The van der Waals surface area contributed by atoms with Gasteiger partial charge in [0.25, 0.3) is 5.91 Å². The van der Waals surface area contributed by atoms with Gasteiger partial charge in [0, 0.05) is 22.3 Å². The second-order valence-corrected chi connectivity index (χ2v) is 9.54. The van der Waals surface area contributed by atoms with Crippen LogP contribution < -0.4 is 15.4 Å². The molecule has 2 aromatic heterocycles. The molecule has 12 heteroatoms. The molecule has 2 aromatic carbocycles. The molecule has 0 fully saturated rings. The molecule has 0 saturated heterocycles. The van der Waals surface area contributed by atoms with Crippen LogP contribution in [-0.4, -0.2) is 43.9 Å². The van der Waals surface area contributed by atoms with Gasteiger partial charge in [-0.2, -0.15) is 0 Å². The van der Waals surface area contributed by atoms with Gasteiger partial charge < -0.3 is 15.4 Å². The summed E-state index contributed by atoms with van der Waals surface area (Å²) < 4.78 is 7.32. The Balaban J connectivity index is 1.42. The molecule has 0 spiro atoms. The summed E-state index contributed by atoms with van der Waals surface area (Å²) in [5.41, 5.74) is 1.89. The second kappa shape index (κ2) is 11.8. The first-order valence-electron chi connectivity index (χ1n) is 10.5. The number of carbonyl (C=O) groups is 2. The number of benzene rings is 2. The van der Waals surface area contributed by atoms with Crippen LogP contribution in [0.25, 0.3) is 5.69 Å². The number of anilines is 1. The average Bonchev–Trinajstić information content (AvgIpc) is 3.51. The van der Waals surface area contributed by atoms with E-state index in [0.717, 1.165) is 11.3 Å². The van der Waals surface area contributed by atoms with Crippen molar-refractivity contribution < 1.29 is 14.3 Å². The summed E-state index contributed by atoms with van der Waals surface area (Å²) >= 11 is 8.46. The van der Waals surface area contributed by atoms with Crippen LogP contribution in [-0.2, 0) is 16.1 Å². The maximum absolute atomic E-state index is 12.3. The first-order valence-corrected chi connectivity index (χ1v) is 12.7. The molecule has 0 aliphatic carbocycles. The van der Waals surface area contributed by atoms with Gasteiger partial charge in [0.15, 0.2) is 22.7 Å². The third-order valence-corrected chi connectivity index (χ3v) is 6.47. The zero-order valence-corrected chi connectivity index (χ0v) is 21.0. The average molecular weight is 529 g/mol. The third kappa shape index (κ3) is 7.04. The van der Waals surface area contributed by atoms with Crippen molar-refractivity contribution in [3.8, 4) is 11.4 Å². The molecule has 4 rings (SSSR count). The van der Waals surface area contributed by atoms with Crippen molar-refractivity contribution in [1.82, 2.24) is 25.1 Å². The standard InChI is InChI=1S/C23H21ClN6O3S2/c1-15-3-2-4-17(11-15)30-19(12-26-20(31)13-33-18-7-5-16(24)6-8-18)28-29-23(30)35-14-21(32)27-22-25-9-10-34-22/h2-11H,12-14H2,1H3,(H,26,31)(H,25,27,32). The lowest BCUT2D eigenvalue weighted by Crippen LogP contribution is -2.29. The third-order valence-electron chi connectivity index (χ3n) is 4.60. The molecule has 0 aliphatic rings. The predicted molar refractivity (Wildman–Crippen MR) is 136 cm³/mol. The fourth-order valence-corrected chi connectivity index (χ4v) is 4.46. The van der Waals surface area contributed by atoms with Crippen molar-refractivity contribution in [1.29, 1.82) is 0 Å². The van der Waals surface area contributed by atoms with Gasteiger partial charge in [-0.25, -0.2) is 4.98 Å². The molecule has 0 radical (unpaired) electrons. The summed E-state index contributed by atoms with van der Waals surface area (Å²) in [4.78, 5) is 28.7. The van der Waals surface area contributed by atoms with Crippen molar-refractivity contribution in [2.24, 2.45) is 0 Å². The zero-order chi connectivity index (χ0) is 24.6. The number of aromatic nitrogens is 4. The Morgan fingerprint density at radius 1 is 1.14 bits per heavy atom. The minimum Gasteiger partial charge on any atom is -0.484 e. The molecule has 0 aliphatic heterocycles. The molecule has 2 amide bonds. The molecule has 2 N–H and O–H groups in total. The number of hydrogen-bond donors (Lipinski definition) is 2. The number of aryl methyl sites for hydroxylation is 1. The summed E-state index contributed by atoms with van der Waals surface area (Å²) in [7, 11) is 0. The molecular formula is C23H21ClN6O3S2. The predicted octanol–water partition coefficient (Wildman–Crippen LogP) is 4.11. The van der Waals surface area contributed by atoms with E-state index in [9.17, 15) is 9.59 Å².